The fourth-order valence-electron chi connectivity index (χ4n) is 2.08. The zero-order valence-electron chi connectivity index (χ0n) is 11.7. The van der Waals surface area contributed by atoms with Crippen molar-refractivity contribution in [3.8, 4) is 0 Å². The molecule has 0 aromatic carbocycles. The highest BCUT2D eigenvalue weighted by molar-refractivity contribution is 7.99. The van der Waals surface area contributed by atoms with Crippen LogP contribution in [-0.2, 0) is 6.54 Å². The van der Waals surface area contributed by atoms with Gasteiger partial charge in [0.05, 0.1) is 5.39 Å². The van der Waals surface area contributed by atoms with Gasteiger partial charge in [-0.2, -0.15) is 0 Å². The molecule has 0 atom stereocenters. The van der Waals surface area contributed by atoms with E-state index in [4.69, 9.17) is 0 Å². The summed E-state index contributed by atoms with van der Waals surface area (Å²) in [7, 11) is 0. The van der Waals surface area contributed by atoms with Crippen LogP contribution in [0.3, 0.4) is 0 Å². The Morgan fingerprint density at radius 2 is 2.26 bits per heavy atom. The van der Waals surface area contributed by atoms with E-state index in [1.165, 1.54) is 27.7 Å². The molecule has 0 radical (unpaired) electrons. The van der Waals surface area contributed by atoms with Gasteiger partial charge in [-0.3, -0.25) is 9.36 Å². The highest BCUT2D eigenvalue weighted by atomic mass is 32.2. The maximum atomic E-state index is 12.6. The van der Waals surface area contributed by atoms with Gasteiger partial charge in [0, 0.05) is 6.54 Å². The third-order valence-electron chi connectivity index (χ3n) is 3.10. The van der Waals surface area contributed by atoms with Crippen molar-refractivity contribution in [3.63, 3.8) is 0 Å². The van der Waals surface area contributed by atoms with Gasteiger partial charge >= 0.3 is 0 Å². The van der Waals surface area contributed by atoms with E-state index in [-0.39, 0.29) is 5.56 Å². The van der Waals surface area contributed by atoms with Crippen LogP contribution < -0.4 is 5.56 Å². The Morgan fingerprint density at radius 1 is 1.35 bits per heavy atom. The van der Waals surface area contributed by atoms with Crippen LogP contribution in [0.1, 0.15) is 0 Å². The van der Waals surface area contributed by atoms with Crippen molar-refractivity contribution in [2.24, 2.45) is 0 Å². The van der Waals surface area contributed by atoms with Crippen LogP contribution >= 0.6 is 23.1 Å². The second-order valence-electron chi connectivity index (χ2n) is 4.54. The molecule has 0 bridgehead atoms. The molecule has 0 saturated heterocycles. The van der Waals surface area contributed by atoms with Crippen molar-refractivity contribution in [1.29, 1.82) is 0 Å². The molecule has 10 heteroatoms. The first-order valence-corrected chi connectivity index (χ1v) is 8.28. The fourth-order valence-corrected chi connectivity index (χ4v) is 3.74. The number of allylic oxidation sites excluding steroid dienone is 1. The van der Waals surface area contributed by atoms with E-state index in [9.17, 15) is 4.79 Å². The van der Waals surface area contributed by atoms with E-state index < -0.39 is 0 Å². The van der Waals surface area contributed by atoms with Gasteiger partial charge in [0.1, 0.15) is 9.86 Å². The lowest BCUT2D eigenvalue weighted by Gasteiger charge is -2.09. The number of fused-ring (bicyclic) bond motifs is 2. The zero-order chi connectivity index (χ0) is 15.8. The molecule has 0 aliphatic heterocycles. The van der Waals surface area contributed by atoms with Gasteiger partial charge in [0.15, 0.2) is 10.8 Å². The van der Waals surface area contributed by atoms with Crippen LogP contribution in [0.5, 0.6) is 0 Å². The van der Waals surface area contributed by atoms with Gasteiger partial charge in [0.25, 0.3) is 5.56 Å². The van der Waals surface area contributed by atoms with Crippen LogP contribution in [0.4, 0.5) is 0 Å². The molecule has 0 N–H and O–H groups in total. The SMILES string of the molecule is C=CCn1c(Sc2ccc3nnnn3n2)nc2sccc2c1=O. The van der Waals surface area contributed by atoms with Gasteiger partial charge in [-0.25, -0.2) is 4.98 Å². The largest absolute Gasteiger partial charge is 0.283 e. The summed E-state index contributed by atoms with van der Waals surface area (Å²) in [6, 6.07) is 5.34. The van der Waals surface area contributed by atoms with Crippen LogP contribution in [0, 0.1) is 0 Å². The van der Waals surface area contributed by atoms with Gasteiger partial charge in [-0.15, -0.1) is 32.7 Å². The molecule has 0 amide bonds. The lowest BCUT2D eigenvalue weighted by atomic mass is 10.4. The van der Waals surface area contributed by atoms with E-state index >= 15 is 0 Å². The van der Waals surface area contributed by atoms with E-state index in [1.807, 2.05) is 5.38 Å². The summed E-state index contributed by atoms with van der Waals surface area (Å²) >= 11 is 2.72. The molecular weight excluding hydrogens is 334 g/mol. The first-order chi connectivity index (χ1) is 11.3. The van der Waals surface area contributed by atoms with Crippen LogP contribution in [0.15, 0.2) is 51.2 Å². The number of nitrogens with zero attached hydrogens (tertiary/aromatic N) is 7. The molecule has 114 valence electrons. The zero-order valence-corrected chi connectivity index (χ0v) is 13.3. The van der Waals surface area contributed by atoms with E-state index in [2.05, 4.69) is 32.2 Å². The fraction of sp³-hybridized carbons (Fsp3) is 0.0769. The van der Waals surface area contributed by atoms with Gasteiger partial charge in [-0.1, -0.05) is 6.08 Å². The smallest absolute Gasteiger partial charge is 0.263 e. The molecule has 0 spiro atoms. The molecule has 0 fully saturated rings. The second kappa shape index (κ2) is 5.56. The van der Waals surface area contributed by atoms with Crippen molar-refractivity contribution in [3.05, 3.63) is 46.6 Å². The number of tetrazole rings is 1. The predicted octanol–water partition coefficient (Wildman–Crippen LogP) is 1.63. The number of thiophene rings is 1. The Hall–Kier alpha value is -2.59. The lowest BCUT2D eigenvalue weighted by molar-refractivity contribution is 0.667. The molecule has 4 aromatic heterocycles. The molecule has 0 unspecified atom stereocenters. The minimum Gasteiger partial charge on any atom is -0.283 e. The first kappa shape index (κ1) is 14.0. The normalized spacial score (nSPS) is 11.3. The third-order valence-corrected chi connectivity index (χ3v) is 4.83. The Balaban J connectivity index is 1.84. The summed E-state index contributed by atoms with van der Waals surface area (Å²) < 4.78 is 2.92. The Labute approximate surface area is 137 Å². The van der Waals surface area contributed by atoms with Crippen molar-refractivity contribution in [1.82, 2.24) is 34.8 Å². The third kappa shape index (κ3) is 2.41. The summed E-state index contributed by atoms with van der Waals surface area (Å²) in [6.45, 7) is 4.09. The summed E-state index contributed by atoms with van der Waals surface area (Å²) in [6.07, 6.45) is 1.67. The van der Waals surface area contributed by atoms with Crippen LogP contribution in [-0.4, -0.2) is 34.8 Å². The molecule has 8 nitrogen and oxygen atoms in total. The number of aromatic nitrogens is 7. The van der Waals surface area contributed by atoms with Crippen LogP contribution in [0.2, 0.25) is 0 Å². The quantitative estimate of drug-likeness (QED) is 0.411. The maximum Gasteiger partial charge on any atom is 0.263 e. The van der Waals surface area contributed by atoms with Gasteiger partial charge < -0.3 is 0 Å². The summed E-state index contributed by atoms with van der Waals surface area (Å²) in [5.74, 6) is 0. The van der Waals surface area contributed by atoms with Crippen molar-refractivity contribution >= 4 is 39.0 Å². The monoisotopic (exact) mass is 343 g/mol. The second-order valence-corrected chi connectivity index (χ2v) is 6.42. The Morgan fingerprint density at radius 3 is 3.13 bits per heavy atom. The summed E-state index contributed by atoms with van der Waals surface area (Å²) in [5, 5.41) is 19.1. The summed E-state index contributed by atoms with van der Waals surface area (Å²) in [4.78, 5) is 17.9. The number of hydrogen-bond donors (Lipinski definition) is 0. The minimum absolute atomic E-state index is 0.0813. The molecule has 4 aromatic rings. The van der Waals surface area contributed by atoms with Crippen molar-refractivity contribution in [2.45, 2.75) is 16.7 Å². The van der Waals surface area contributed by atoms with E-state index in [0.717, 1.165) is 0 Å². The standard InChI is InChI=1S/C13H9N7OS2/c1-2-6-19-12(21)8-5-7-22-11(8)14-13(19)23-10-4-3-9-15-17-18-20(9)16-10/h2-5,7H,1,6H2. The van der Waals surface area contributed by atoms with Gasteiger partial charge in [-0.05, 0) is 45.8 Å². The van der Waals surface area contributed by atoms with Crippen molar-refractivity contribution in [2.75, 3.05) is 0 Å². The average Bonchev–Trinajstić information content (AvgIpc) is 3.19. The number of rotatable bonds is 4. The topological polar surface area (TPSA) is 90.9 Å². The molecule has 0 aliphatic carbocycles. The highest BCUT2D eigenvalue weighted by Gasteiger charge is 2.13. The predicted molar refractivity (Wildman–Crippen MR) is 86.8 cm³/mol. The van der Waals surface area contributed by atoms with Crippen molar-refractivity contribution < 1.29 is 0 Å². The Bertz CT molecular complexity index is 1080. The molecule has 0 saturated carbocycles. The van der Waals surface area contributed by atoms with E-state index in [1.54, 1.807) is 28.8 Å². The average molecular weight is 343 g/mol. The maximum absolute atomic E-state index is 12.6. The molecule has 4 heterocycles. The summed E-state index contributed by atoms with van der Waals surface area (Å²) in [5.41, 5.74) is 0.474. The van der Waals surface area contributed by atoms with E-state index in [0.29, 0.717) is 32.6 Å². The lowest BCUT2D eigenvalue weighted by Crippen LogP contribution is -2.22. The molecule has 23 heavy (non-hydrogen) atoms. The number of hydrogen-bond acceptors (Lipinski definition) is 8. The first-order valence-electron chi connectivity index (χ1n) is 6.58. The van der Waals surface area contributed by atoms with Gasteiger partial charge in [0.2, 0.25) is 0 Å². The molecular formula is C13H9N7OS2. The Kier molecular flexibility index (Phi) is 3.39. The molecule has 4 rings (SSSR count). The minimum atomic E-state index is -0.0813. The highest BCUT2D eigenvalue weighted by Crippen LogP contribution is 2.26. The molecule has 0 aliphatic rings. The van der Waals surface area contributed by atoms with Crippen LogP contribution in [0.25, 0.3) is 15.9 Å².